The number of rotatable bonds is 3. The molecule has 2 aliphatic rings. The fourth-order valence-corrected chi connectivity index (χ4v) is 3.15. The van der Waals surface area contributed by atoms with Crippen LogP contribution in [-0.4, -0.2) is 36.5 Å². The second-order valence-corrected chi connectivity index (χ2v) is 5.66. The van der Waals surface area contributed by atoms with E-state index >= 15 is 0 Å². The lowest BCUT2D eigenvalue weighted by atomic mass is 9.99. The van der Waals surface area contributed by atoms with Crippen LogP contribution in [0, 0.1) is 5.92 Å². The van der Waals surface area contributed by atoms with Gasteiger partial charge in [-0.25, -0.2) is 0 Å². The molecule has 0 bridgehead atoms. The summed E-state index contributed by atoms with van der Waals surface area (Å²) in [5.74, 6) is 0.0319. The van der Waals surface area contributed by atoms with E-state index in [1.165, 1.54) is 22.3 Å². The van der Waals surface area contributed by atoms with Gasteiger partial charge in [0.1, 0.15) is 0 Å². The van der Waals surface area contributed by atoms with Crippen molar-refractivity contribution in [3.63, 3.8) is 0 Å². The Labute approximate surface area is 115 Å². The molecule has 1 fully saturated rings. The average Bonchev–Trinajstić information content (AvgIpc) is 3.03. The van der Waals surface area contributed by atoms with Crippen LogP contribution in [0.2, 0.25) is 0 Å². The van der Waals surface area contributed by atoms with Gasteiger partial charge in [-0.05, 0) is 41.1 Å². The topological polar surface area (TPSA) is 46.6 Å². The van der Waals surface area contributed by atoms with Crippen molar-refractivity contribution in [2.75, 3.05) is 19.8 Å². The Morgan fingerprint density at radius 2 is 2.11 bits per heavy atom. The zero-order valence-corrected chi connectivity index (χ0v) is 11.3. The van der Waals surface area contributed by atoms with Gasteiger partial charge in [-0.3, -0.25) is 14.5 Å². The minimum atomic E-state index is -0.183. The molecule has 5 heteroatoms. The van der Waals surface area contributed by atoms with Gasteiger partial charge in [0.2, 0.25) is 0 Å². The smallest absolute Gasteiger partial charge is 0.261 e. The lowest BCUT2D eigenvalue weighted by molar-refractivity contribution is -0.137. The molecule has 0 aliphatic carbocycles. The second-order valence-electron chi connectivity index (χ2n) is 4.88. The quantitative estimate of drug-likeness (QED) is 0.793. The molecule has 1 aromatic heterocycles. The molecule has 0 N–H and O–H groups in total. The Balaban J connectivity index is 1.72. The first-order valence-electron chi connectivity index (χ1n) is 6.43. The fourth-order valence-electron chi connectivity index (χ4n) is 2.49. The van der Waals surface area contributed by atoms with Crippen LogP contribution in [0.25, 0.3) is 5.57 Å². The first-order chi connectivity index (χ1) is 9.25. The van der Waals surface area contributed by atoms with E-state index in [2.05, 4.69) is 0 Å². The molecule has 0 radical (unpaired) electrons. The van der Waals surface area contributed by atoms with E-state index in [4.69, 9.17) is 4.74 Å². The zero-order chi connectivity index (χ0) is 13.2. The van der Waals surface area contributed by atoms with Crippen molar-refractivity contribution in [1.82, 2.24) is 4.90 Å². The molecule has 19 heavy (non-hydrogen) atoms. The van der Waals surface area contributed by atoms with E-state index in [0.29, 0.717) is 18.0 Å². The highest BCUT2D eigenvalue weighted by Crippen LogP contribution is 2.27. The Morgan fingerprint density at radius 1 is 1.32 bits per heavy atom. The number of amides is 2. The normalized spacial score (nSPS) is 21.1. The third-order valence-corrected chi connectivity index (χ3v) is 4.31. The lowest BCUT2D eigenvalue weighted by Gasteiger charge is -2.26. The number of hydrogen-bond donors (Lipinski definition) is 0. The maximum Gasteiger partial charge on any atom is 0.261 e. The van der Waals surface area contributed by atoms with Gasteiger partial charge in [-0.1, -0.05) is 0 Å². The van der Waals surface area contributed by atoms with E-state index in [0.717, 1.165) is 31.6 Å². The van der Waals surface area contributed by atoms with Crippen molar-refractivity contribution in [1.29, 1.82) is 0 Å². The number of ether oxygens (including phenoxy) is 1. The van der Waals surface area contributed by atoms with Crippen molar-refractivity contribution in [3.8, 4) is 0 Å². The third-order valence-electron chi connectivity index (χ3n) is 3.62. The third kappa shape index (κ3) is 2.48. The molecule has 3 rings (SSSR count). The summed E-state index contributed by atoms with van der Waals surface area (Å²) >= 11 is 1.53. The van der Waals surface area contributed by atoms with Crippen LogP contribution in [-0.2, 0) is 14.3 Å². The first kappa shape index (κ1) is 12.6. The standard InChI is InChI=1S/C14H15NO3S/c16-13-7-12(11-3-6-19-9-11)14(17)15(13)8-10-1-4-18-5-2-10/h3,6-7,9-10H,1-2,4-5,8H2. The second kappa shape index (κ2) is 5.27. The highest BCUT2D eigenvalue weighted by Gasteiger charge is 2.33. The molecule has 0 spiro atoms. The van der Waals surface area contributed by atoms with Crippen LogP contribution in [0.5, 0.6) is 0 Å². The van der Waals surface area contributed by atoms with Crippen LogP contribution in [0.4, 0.5) is 0 Å². The van der Waals surface area contributed by atoms with Crippen LogP contribution in [0.3, 0.4) is 0 Å². The first-order valence-corrected chi connectivity index (χ1v) is 7.38. The maximum atomic E-state index is 12.3. The molecule has 0 aromatic carbocycles. The summed E-state index contributed by atoms with van der Waals surface area (Å²) in [4.78, 5) is 25.6. The van der Waals surface area contributed by atoms with Crippen molar-refractivity contribution >= 4 is 28.7 Å². The molecule has 0 saturated carbocycles. The summed E-state index contributed by atoms with van der Waals surface area (Å²) in [6.45, 7) is 1.97. The van der Waals surface area contributed by atoms with E-state index < -0.39 is 0 Å². The molecule has 3 heterocycles. The highest BCUT2D eigenvalue weighted by molar-refractivity contribution is 7.08. The number of carbonyl (C=O) groups is 2. The molecular formula is C14H15NO3S. The minimum Gasteiger partial charge on any atom is -0.381 e. The van der Waals surface area contributed by atoms with Gasteiger partial charge in [-0.2, -0.15) is 11.3 Å². The number of thiophene rings is 1. The van der Waals surface area contributed by atoms with Gasteiger partial charge >= 0.3 is 0 Å². The summed E-state index contributed by atoms with van der Waals surface area (Å²) in [5.41, 5.74) is 1.37. The van der Waals surface area contributed by atoms with Crippen molar-refractivity contribution < 1.29 is 14.3 Å². The van der Waals surface area contributed by atoms with Gasteiger partial charge in [0.05, 0.1) is 5.57 Å². The molecular weight excluding hydrogens is 262 g/mol. The van der Waals surface area contributed by atoms with Gasteiger partial charge in [0.15, 0.2) is 0 Å². The Morgan fingerprint density at radius 3 is 2.79 bits per heavy atom. The predicted molar refractivity (Wildman–Crippen MR) is 72.6 cm³/mol. The Bertz CT molecular complexity index is 515. The van der Waals surface area contributed by atoms with Gasteiger partial charge in [-0.15, -0.1) is 0 Å². The molecule has 1 aromatic rings. The van der Waals surface area contributed by atoms with Gasteiger partial charge in [0.25, 0.3) is 11.8 Å². The molecule has 4 nitrogen and oxygen atoms in total. The summed E-state index contributed by atoms with van der Waals surface area (Å²) in [7, 11) is 0. The van der Waals surface area contributed by atoms with E-state index in [1.807, 2.05) is 16.8 Å². The molecule has 2 amide bonds. The molecule has 0 unspecified atom stereocenters. The van der Waals surface area contributed by atoms with Crippen LogP contribution >= 0.6 is 11.3 Å². The monoisotopic (exact) mass is 277 g/mol. The predicted octanol–water partition coefficient (Wildman–Crippen LogP) is 1.93. The van der Waals surface area contributed by atoms with Crippen LogP contribution in [0.15, 0.2) is 22.9 Å². The molecule has 0 atom stereocenters. The Kier molecular flexibility index (Phi) is 3.48. The SMILES string of the molecule is O=C1C=C(c2ccsc2)C(=O)N1CC1CCOCC1. The number of hydrogen-bond acceptors (Lipinski definition) is 4. The summed E-state index contributed by atoms with van der Waals surface area (Å²) < 4.78 is 5.30. The average molecular weight is 277 g/mol. The maximum absolute atomic E-state index is 12.3. The van der Waals surface area contributed by atoms with Crippen LogP contribution in [0.1, 0.15) is 18.4 Å². The lowest BCUT2D eigenvalue weighted by Crippen LogP contribution is -2.37. The highest BCUT2D eigenvalue weighted by atomic mass is 32.1. The minimum absolute atomic E-state index is 0.158. The van der Waals surface area contributed by atoms with E-state index in [9.17, 15) is 9.59 Å². The van der Waals surface area contributed by atoms with E-state index in [1.54, 1.807) is 0 Å². The number of imide groups is 1. The Hall–Kier alpha value is -1.46. The van der Waals surface area contributed by atoms with Gasteiger partial charge in [0, 0.05) is 25.8 Å². The molecule has 100 valence electrons. The van der Waals surface area contributed by atoms with E-state index in [-0.39, 0.29) is 11.8 Å². The van der Waals surface area contributed by atoms with Crippen molar-refractivity contribution in [2.24, 2.45) is 5.92 Å². The van der Waals surface area contributed by atoms with Crippen molar-refractivity contribution in [3.05, 3.63) is 28.5 Å². The van der Waals surface area contributed by atoms with Crippen molar-refractivity contribution in [2.45, 2.75) is 12.8 Å². The summed E-state index contributed by atoms with van der Waals surface area (Å²) in [5, 5.41) is 3.81. The number of nitrogens with zero attached hydrogens (tertiary/aromatic N) is 1. The fraction of sp³-hybridized carbons (Fsp3) is 0.429. The zero-order valence-electron chi connectivity index (χ0n) is 10.5. The molecule has 1 saturated heterocycles. The van der Waals surface area contributed by atoms with Gasteiger partial charge < -0.3 is 4.74 Å². The summed E-state index contributed by atoms with van der Waals surface area (Å²) in [6, 6.07) is 1.87. The number of carbonyl (C=O) groups excluding carboxylic acids is 2. The van der Waals surface area contributed by atoms with Crippen LogP contribution < -0.4 is 0 Å². The largest absolute Gasteiger partial charge is 0.381 e. The summed E-state index contributed by atoms with van der Waals surface area (Å²) in [6.07, 6.45) is 3.30. The molecule has 2 aliphatic heterocycles.